The Morgan fingerprint density at radius 3 is 2.12 bits per heavy atom. The van der Waals surface area contributed by atoms with Crippen LogP contribution in [0.2, 0.25) is 0 Å². The van der Waals surface area contributed by atoms with Crippen LogP contribution >= 0.6 is 19.4 Å². The van der Waals surface area contributed by atoms with Gasteiger partial charge in [-0.2, -0.15) is 11.8 Å². The zero-order chi connectivity index (χ0) is 30.0. The van der Waals surface area contributed by atoms with E-state index in [4.69, 9.17) is 15.0 Å². The summed E-state index contributed by atoms with van der Waals surface area (Å²) in [7, 11) is -3.80. The normalized spacial score (nSPS) is 14.5. The van der Waals surface area contributed by atoms with Crippen LogP contribution in [0.5, 0.6) is 0 Å². The third-order valence-corrected chi connectivity index (χ3v) is 9.24. The molecular formula is C30H56N5O4PS. The van der Waals surface area contributed by atoms with Gasteiger partial charge in [0.05, 0.1) is 25.6 Å². The Hall–Kier alpha value is -1.19. The van der Waals surface area contributed by atoms with Gasteiger partial charge >= 0.3 is 7.60 Å². The van der Waals surface area contributed by atoms with E-state index in [-0.39, 0.29) is 19.1 Å². The molecule has 2 atom stereocenters. The Labute approximate surface area is 252 Å². The summed E-state index contributed by atoms with van der Waals surface area (Å²) in [6, 6.07) is 0. The second kappa shape index (κ2) is 19.9. The highest BCUT2D eigenvalue weighted by atomic mass is 32.2. The summed E-state index contributed by atoms with van der Waals surface area (Å²) in [6.07, 6.45) is 21.3. The Morgan fingerprint density at radius 1 is 0.927 bits per heavy atom. The molecule has 0 bridgehead atoms. The summed E-state index contributed by atoms with van der Waals surface area (Å²) in [5.41, 5.74) is 7.44. The lowest BCUT2D eigenvalue weighted by molar-refractivity contribution is 0.0724. The number of hydrogen-bond acceptors (Lipinski definition) is 8. The van der Waals surface area contributed by atoms with Crippen molar-refractivity contribution in [1.82, 2.24) is 19.5 Å². The number of imidazole rings is 1. The number of nitrogens with zero attached hydrogens (tertiary/aromatic N) is 4. The first-order valence-electron chi connectivity index (χ1n) is 15.6. The number of nitrogens with two attached hydrogens (primary N) is 1. The Bertz CT molecular complexity index is 1020. The van der Waals surface area contributed by atoms with E-state index in [9.17, 15) is 9.46 Å². The van der Waals surface area contributed by atoms with Crippen LogP contribution in [-0.2, 0) is 20.4 Å². The molecule has 0 amide bonds. The van der Waals surface area contributed by atoms with Crippen molar-refractivity contribution in [1.29, 1.82) is 0 Å². The number of anilines is 1. The first kappa shape index (κ1) is 36.0. The molecule has 0 aliphatic carbocycles. The highest BCUT2D eigenvalue weighted by molar-refractivity contribution is 7.99. The van der Waals surface area contributed by atoms with Gasteiger partial charge in [0.25, 0.3) is 0 Å². The maximum absolute atomic E-state index is 12.3. The molecule has 0 saturated carbocycles. The summed E-state index contributed by atoms with van der Waals surface area (Å²) < 4.78 is 24.9. The SMILES string of the molecule is C[C@H](Cn1cnc2c(N)ncnc21)OCP(=O)(O)OCCSCCCCCCCCCCCCCCCC(C)(C)C. The van der Waals surface area contributed by atoms with E-state index in [1.54, 1.807) is 22.7 Å². The number of unbranched alkanes of at least 4 members (excludes halogenated alkanes) is 12. The smallest absolute Gasteiger partial charge is 0.353 e. The molecule has 2 aromatic heterocycles. The monoisotopic (exact) mass is 613 g/mol. The zero-order valence-corrected chi connectivity index (χ0v) is 27.8. The Morgan fingerprint density at radius 2 is 1.51 bits per heavy atom. The average molecular weight is 614 g/mol. The third kappa shape index (κ3) is 16.9. The quantitative estimate of drug-likeness (QED) is 0.0889. The van der Waals surface area contributed by atoms with Gasteiger partial charge in [0.2, 0.25) is 0 Å². The van der Waals surface area contributed by atoms with E-state index in [1.807, 2.05) is 6.92 Å². The van der Waals surface area contributed by atoms with Gasteiger partial charge in [0.1, 0.15) is 18.2 Å². The largest absolute Gasteiger partial charge is 0.382 e. The van der Waals surface area contributed by atoms with E-state index >= 15 is 0 Å². The summed E-state index contributed by atoms with van der Waals surface area (Å²) in [4.78, 5) is 22.5. The van der Waals surface area contributed by atoms with Crippen LogP contribution in [0.1, 0.15) is 118 Å². The molecule has 41 heavy (non-hydrogen) atoms. The van der Waals surface area contributed by atoms with Crippen LogP contribution in [0.25, 0.3) is 11.2 Å². The summed E-state index contributed by atoms with van der Waals surface area (Å²) >= 11 is 1.78. The van der Waals surface area contributed by atoms with Crippen molar-refractivity contribution in [2.24, 2.45) is 5.41 Å². The molecule has 3 N–H and O–H groups in total. The molecule has 0 aliphatic rings. The van der Waals surface area contributed by atoms with Crippen LogP contribution in [0.4, 0.5) is 5.82 Å². The second-order valence-corrected chi connectivity index (χ2v) is 15.4. The van der Waals surface area contributed by atoms with Gasteiger partial charge in [0, 0.05) is 5.75 Å². The fraction of sp³-hybridized carbons (Fsp3) is 0.833. The summed E-state index contributed by atoms with van der Waals surface area (Å²) in [5.74, 6) is 2.09. The van der Waals surface area contributed by atoms with E-state index < -0.39 is 7.60 Å². The van der Waals surface area contributed by atoms with E-state index in [0.717, 1.165) is 5.75 Å². The summed E-state index contributed by atoms with van der Waals surface area (Å²) in [6.45, 7) is 9.50. The molecule has 0 aliphatic heterocycles. The van der Waals surface area contributed by atoms with Gasteiger partial charge in [-0.15, -0.1) is 0 Å². The lowest BCUT2D eigenvalue weighted by Crippen LogP contribution is -2.17. The Balaban J connectivity index is 1.36. The lowest BCUT2D eigenvalue weighted by Gasteiger charge is -2.17. The average Bonchev–Trinajstić information content (AvgIpc) is 3.32. The predicted octanol–water partition coefficient (Wildman–Crippen LogP) is 8.21. The van der Waals surface area contributed by atoms with Crippen LogP contribution in [0.3, 0.4) is 0 Å². The van der Waals surface area contributed by atoms with Crippen molar-refractivity contribution in [3.8, 4) is 0 Å². The molecule has 0 fully saturated rings. The number of aromatic nitrogens is 4. The van der Waals surface area contributed by atoms with Gasteiger partial charge < -0.3 is 24.5 Å². The first-order valence-corrected chi connectivity index (χ1v) is 18.6. The molecule has 2 heterocycles. The van der Waals surface area contributed by atoms with Crippen molar-refractivity contribution in [3.05, 3.63) is 12.7 Å². The topological polar surface area (TPSA) is 125 Å². The fourth-order valence-corrected chi connectivity index (χ4v) is 6.60. The maximum Gasteiger partial charge on any atom is 0.353 e. The molecule has 0 spiro atoms. The molecule has 9 nitrogen and oxygen atoms in total. The molecule has 0 aromatic carbocycles. The zero-order valence-electron chi connectivity index (χ0n) is 26.1. The van der Waals surface area contributed by atoms with Gasteiger partial charge in [0.15, 0.2) is 11.5 Å². The third-order valence-electron chi connectivity index (χ3n) is 7.14. The highest BCUT2D eigenvalue weighted by Crippen LogP contribution is 2.42. The van der Waals surface area contributed by atoms with Crippen LogP contribution < -0.4 is 5.73 Å². The van der Waals surface area contributed by atoms with Crippen molar-refractivity contribution < 1.29 is 18.7 Å². The predicted molar refractivity (Wildman–Crippen MR) is 172 cm³/mol. The van der Waals surface area contributed by atoms with Crippen LogP contribution in [-0.4, -0.2) is 55.0 Å². The van der Waals surface area contributed by atoms with Gasteiger partial charge in [-0.3, -0.25) is 4.57 Å². The standard InChI is InChI=1S/C30H56N5O4PS/c1-26(22-35-24-34-27-28(31)32-23-33-29(27)35)38-25-40(36,37)39-19-21-41-20-17-15-13-11-9-7-5-6-8-10-12-14-16-18-30(2,3)4/h23-24,26H,5-22,25H2,1-4H3,(H,36,37)(H2,31,32,33)/t26-/m1/s1. The molecule has 11 heteroatoms. The van der Waals surface area contributed by atoms with Gasteiger partial charge in [-0.05, 0) is 30.9 Å². The van der Waals surface area contributed by atoms with Crippen LogP contribution in [0, 0.1) is 5.41 Å². The van der Waals surface area contributed by atoms with Gasteiger partial charge in [-0.1, -0.05) is 97.8 Å². The number of nitrogen functional groups attached to an aromatic ring is 1. The molecule has 0 saturated heterocycles. The van der Waals surface area contributed by atoms with Crippen molar-refractivity contribution in [2.75, 3.05) is 30.2 Å². The Kier molecular flexibility index (Phi) is 17.5. The van der Waals surface area contributed by atoms with Crippen molar-refractivity contribution in [2.45, 2.75) is 130 Å². The fourth-order valence-electron chi connectivity index (χ4n) is 4.77. The minimum atomic E-state index is -3.80. The van der Waals surface area contributed by atoms with Gasteiger partial charge in [-0.25, -0.2) is 15.0 Å². The molecule has 2 aromatic rings. The van der Waals surface area contributed by atoms with E-state index in [2.05, 4.69) is 35.7 Å². The van der Waals surface area contributed by atoms with E-state index in [1.165, 1.54) is 96.2 Å². The van der Waals surface area contributed by atoms with Crippen LogP contribution in [0.15, 0.2) is 12.7 Å². The number of thioether (sulfide) groups is 1. The summed E-state index contributed by atoms with van der Waals surface area (Å²) in [5, 5.41) is 0. The molecule has 0 radical (unpaired) electrons. The lowest BCUT2D eigenvalue weighted by atomic mass is 9.89. The number of ether oxygens (including phenoxy) is 1. The number of fused-ring (bicyclic) bond motifs is 1. The first-order chi connectivity index (χ1) is 19.6. The van der Waals surface area contributed by atoms with Crippen molar-refractivity contribution in [3.63, 3.8) is 0 Å². The maximum atomic E-state index is 12.3. The minimum absolute atomic E-state index is 0.245. The molecule has 2 rings (SSSR count). The minimum Gasteiger partial charge on any atom is -0.382 e. The highest BCUT2D eigenvalue weighted by Gasteiger charge is 2.21. The molecule has 1 unspecified atom stereocenters. The number of rotatable bonds is 24. The molecule has 236 valence electrons. The number of hydrogen-bond donors (Lipinski definition) is 2. The second-order valence-electron chi connectivity index (χ2n) is 12.4. The van der Waals surface area contributed by atoms with Crippen molar-refractivity contribution >= 4 is 36.3 Å². The molecular weight excluding hydrogens is 557 g/mol. The van der Waals surface area contributed by atoms with E-state index in [0.29, 0.717) is 34.7 Å².